The van der Waals surface area contributed by atoms with E-state index in [0.29, 0.717) is 22.5 Å². The Labute approximate surface area is 194 Å². The predicted molar refractivity (Wildman–Crippen MR) is 126 cm³/mol. The zero-order valence-corrected chi connectivity index (χ0v) is 18.8. The zero-order chi connectivity index (χ0) is 21.9. The van der Waals surface area contributed by atoms with E-state index in [1.807, 2.05) is 59.3 Å². The van der Waals surface area contributed by atoms with Gasteiger partial charge in [0.05, 0.1) is 11.9 Å². The number of fused-ring (bicyclic) bond motifs is 1. The van der Waals surface area contributed by atoms with Crippen LogP contribution in [0.3, 0.4) is 0 Å². The molecule has 164 valence electrons. The van der Waals surface area contributed by atoms with Crippen LogP contribution in [0.4, 0.5) is 0 Å². The third kappa shape index (κ3) is 4.39. The lowest BCUT2D eigenvalue weighted by atomic mass is 10.1. The van der Waals surface area contributed by atoms with Gasteiger partial charge in [0.15, 0.2) is 11.0 Å². The maximum absolute atomic E-state index is 12.4. The molecule has 3 heterocycles. The number of hydrogen-bond donors (Lipinski definition) is 2. The van der Waals surface area contributed by atoms with E-state index in [0.717, 1.165) is 41.6 Å². The van der Waals surface area contributed by atoms with Gasteiger partial charge in [-0.3, -0.25) is 9.36 Å². The molecule has 32 heavy (non-hydrogen) atoms. The molecule has 2 aromatic carbocycles. The number of thioether (sulfide) groups is 1. The molecular formula is C23H22ClN5O2S. The van der Waals surface area contributed by atoms with Gasteiger partial charge >= 0.3 is 0 Å². The van der Waals surface area contributed by atoms with Gasteiger partial charge in [-0.1, -0.05) is 41.6 Å². The number of nitrogens with zero attached hydrogens (tertiary/aromatic N) is 3. The lowest BCUT2D eigenvalue weighted by Crippen LogP contribution is -2.32. The van der Waals surface area contributed by atoms with Crippen molar-refractivity contribution >= 4 is 40.2 Å². The summed E-state index contributed by atoms with van der Waals surface area (Å²) in [5, 5.41) is 14.2. The fraction of sp³-hybridized carbons (Fsp3) is 0.261. The van der Waals surface area contributed by atoms with E-state index in [4.69, 9.17) is 16.3 Å². The Balaban J connectivity index is 1.42. The second kappa shape index (κ2) is 9.36. The van der Waals surface area contributed by atoms with Gasteiger partial charge in [0, 0.05) is 46.5 Å². The number of aromatic nitrogens is 4. The number of hydrogen-bond acceptors (Lipinski definition) is 5. The van der Waals surface area contributed by atoms with Gasteiger partial charge in [-0.15, -0.1) is 10.2 Å². The molecule has 4 aromatic rings. The second-order valence-electron chi connectivity index (χ2n) is 7.59. The van der Waals surface area contributed by atoms with E-state index in [1.54, 1.807) is 0 Å². The number of rotatable bonds is 7. The fourth-order valence-electron chi connectivity index (χ4n) is 3.83. The first kappa shape index (κ1) is 21.1. The van der Waals surface area contributed by atoms with Crippen molar-refractivity contribution in [2.75, 3.05) is 18.9 Å². The predicted octanol–water partition coefficient (Wildman–Crippen LogP) is 4.46. The summed E-state index contributed by atoms with van der Waals surface area (Å²) in [4.78, 5) is 15.7. The number of carbonyl (C=O) groups excluding carboxylic acids is 1. The van der Waals surface area contributed by atoms with E-state index >= 15 is 0 Å². The van der Waals surface area contributed by atoms with E-state index in [1.165, 1.54) is 11.8 Å². The quantitative estimate of drug-likeness (QED) is 0.392. The molecule has 9 heteroatoms. The molecule has 1 fully saturated rings. The Kier molecular flexibility index (Phi) is 6.16. The molecule has 1 aliphatic heterocycles. The first-order valence-corrected chi connectivity index (χ1v) is 11.8. The molecule has 1 amide bonds. The molecule has 0 aliphatic carbocycles. The lowest BCUT2D eigenvalue weighted by Gasteiger charge is -2.12. The number of nitrogens with one attached hydrogen (secondary N) is 2. The van der Waals surface area contributed by atoms with Crippen molar-refractivity contribution in [2.24, 2.45) is 0 Å². The van der Waals surface area contributed by atoms with Crippen LogP contribution in [-0.2, 0) is 9.53 Å². The Morgan fingerprint density at radius 1 is 1.22 bits per heavy atom. The van der Waals surface area contributed by atoms with Crippen molar-refractivity contribution in [3.63, 3.8) is 0 Å². The summed E-state index contributed by atoms with van der Waals surface area (Å²) in [5.41, 5.74) is 2.84. The van der Waals surface area contributed by atoms with Crippen LogP contribution in [-0.4, -0.2) is 50.7 Å². The van der Waals surface area contributed by atoms with Gasteiger partial charge in [0.1, 0.15) is 0 Å². The number of para-hydroxylation sites is 1. The van der Waals surface area contributed by atoms with Gasteiger partial charge in [-0.25, -0.2) is 0 Å². The molecule has 0 radical (unpaired) electrons. The second-order valence-corrected chi connectivity index (χ2v) is 8.97. The molecule has 2 aromatic heterocycles. The molecule has 0 unspecified atom stereocenters. The van der Waals surface area contributed by atoms with E-state index < -0.39 is 0 Å². The first-order valence-electron chi connectivity index (χ1n) is 10.5. The molecule has 1 aliphatic rings. The standard InChI is InChI=1S/C23H22ClN5O2S/c24-15-7-9-16(10-8-15)29-22(19-13-25-20-6-2-1-5-18(19)20)27-28-23(29)32-14-21(30)26-12-17-4-3-11-31-17/h1-2,5-10,13,17,25H,3-4,11-12,14H2,(H,26,30)/t17-/m0/s1. The number of ether oxygens (including phenoxy) is 1. The SMILES string of the molecule is O=C(CSc1nnc(-c2c[nH]c3ccccc23)n1-c1ccc(Cl)cc1)NC[C@@H]1CCCO1. The summed E-state index contributed by atoms with van der Waals surface area (Å²) in [5.74, 6) is 0.892. The van der Waals surface area contributed by atoms with Crippen LogP contribution in [0.5, 0.6) is 0 Å². The minimum absolute atomic E-state index is 0.0511. The summed E-state index contributed by atoms with van der Waals surface area (Å²) < 4.78 is 7.53. The molecule has 1 atom stereocenters. The minimum atomic E-state index is -0.0511. The van der Waals surface area contributed by atoms with Crippen molar-refractivity contribution in [3.8, 4) is 17.1 Å². The smallest absolute Gasteiger partial charge is 0.230 e. The van der Waals surface area contributed by atoms with Crippen molar-refractivity contribution < 1.29 is 9.53 Å². The third-order valence-electron chi connectivity index (χ3n) is 5.43. The van der Waals surface area contributed by atoms with Crippen LogP contribution in [0, 0.1) is 0 Å². The van der Waals surface area contributed by atoms with Gasteiger partial charge in [-0.05, 0) is 43.2 Å². The zero-order valence-electron chi connectivity index (χ0n) is 17.3. The highest BCUT2D eigenvalue weighted by Crippen LogP contribution is 2.32. The van der Waals surface area contributed by atoms with E-state index in [9.17, 15) is 4.79 Å². The Hall–Kier alpha value is -2.81. The van der Waals surface area contributed by atoms with Crippen LogP contribution in [0.2, 0.25) is 5.02 Å². The average Bonchev–Trinajstić information content (AvgIpc) is 3.56. The normalized spacial score (nSPS) is 16.0. The van der Waals surface area contributed by atoms with E-state index in [2.05, 4.69) is 20.5 Å². The van der Waals surface area contributed by atoms with Gasteiger partial charge < -0.3 is 15.0 Å². The first-order chi connectivity index (χ1) is 15.7. The number of benzene rings is 2. The monoisotopic (exact) mass is 467 g/mol. The van der Waals surface area contributed by atoms with E-state index in [-0.39, 0.29) is 17.8 Å². The van der Waals surface area contributed by atoms with Crippen molar-refractivity contribution in [1.82, 2.24) is 25.1 Å². The molecule has 0 bridgehead atoms. The lowest BCUT2D eigenvalue weighted by molar-refractivity contribution is -0.119. The molecule has 2 N–H and O–H groups in total. The molecule has 0 spiro atoms. The summed E-state index contributed by atoms with van der Waals surface area (Å²) in [6, 6.07) is 15.6. The van der Waals surface area contributed by atoms with Crippen molar-refractivity contribution in [2.45, 2.75) is 24.1 Å². The molecular weight excluding hydrogens is 446 g/mol. The van der Waals surface area contributed by atoms with Crippen LogP contribution >= 0.6 is 23.4 Å². The largest absolute Gasteiger partial charge is 0.376 e. The van der Waals surface area contributed by atoms with Gasteiger partial charge in [0.25, 0.3) is 0 Å². The Morgan fingerprint density at radius 3 is 2.88 bits per heavy atom. The number of amides is 1. The maximum Gasteiger partial charge on any atom is 0.230 e. The summed E-state index contributed by atoms with van der Waals surface area (Å²) >= 11 is 7.46. The Bertz CT molecular complexity index is 1230. The highest BCUT2D eigenvalue weighted by atomic mass is 35.5. The van der Waals surface area contributed by atoms with Crippen LogP contribution < -0.4 is 5.32 Å². The third-order valence-corrected chi connectivity index (χ3v) is 6.61. The van der Waals surface area contributed by atoms with Crippen LogP contribution in [0.1, 0.15) is 12.8 Å². The molecule has 1 saturated heterocycles. The highest BCUT2D eigenvalue weighted by Gasteiger charge is 2.20. The maximum atomic E-state index is 12.4. The van der Waals surface area contributed by atoms with Crippen molar-refractivity contribution in [1.29, 1.82) is 0 Å². The van der Waals surface area contributed by atoms with Gasteiger partial charge in [0.2, 0.25) is 5.91 Å². The molecule has 0 saturated carbocycles. The van der Waals surface area contributed by atoms with Gasteiger partial charge in [-0.2, -0.15) is 0 Å². The fourth-order valence-corrected chi connectivity index (χ4v) is 4.74. The topological polar surface area (TPSA) is 84.8 Å². The summed E-state index contributed by atoms with van der Waals surface area (Å²) in [7, 11) is 0. The number of halogens is 1. The van der Waals surface area contributed by atoms with Crippen molar-refractivity contribution in [3.05, 3.63) is 59.8 Å². The number of aromatic amines is 1. The highest BCUT2D eigenvalue weighted by molar-refractivity contribution is 7.99. The summed E-state index contributed by atoms with van der Waals surface area (Å²) in [6.07, 6.45) is 4.10. The Morgan fingerprint density at radius 2 is 2.06 bits per heavy atom. The molecule has 7 nitrogen and oxygen atoms in total. The average molecular weight is 468 g/mol. The minimum Gasteiger partial charge on any atom is -0.376 e. The van der Waals surface area contributed by atoms with Crippen LogP contribution in [0.15, 0.2) is 59.9 Å². The number of carbonyl (C=O) groups is 1. The summed E-state index contributed by atoms with van der Waals surface area (Å²) in [6.45, 7) is 1.32. The molecule has 5 rings (SSSR count). The van der Waals surface area contributed by atoms with Crippen LogP contribution in [0.25, 0.3) is 28.0 Å². The number of H-pyrrole nitrogens is 1.